The van der Waals surface area contributed by atoms with E-state index in [1.807, 2.05) is 19.9 Å². The standard InChI is InChI=1S/C11H16N4O2S/c1-8(2)7-14-18(16,17)15-11-4-3-9(6-12)5-10(11)13/h3-5,8,14-15H,7,13H2,1-2H3. The lowest BCUT2D eigenvalue weighted by molar-refractivity contribution is 0.565. The van der Waals surface area contributed by atoms with Gasteiger partial charge >= 0.3 is 0 Å². The molecule has 1 rings (SSSR count). The lowest BCUT2D eigenvalue weighted by Gasteiger charge is -2.12. The summed E-state index contributed by atoms with van der Waals surface area (Å²) in [6.45, 7) is 4.14. The Morgan fingerprint density at radius 3 is 2.61 bits per heavy atom. The van der Waals surface area contributed by atoms with Crippen molar-refractivity contribution in [1.29, 1.82) is 5.26 Å². The number of benzene rings is 1. The van der Waals surface area contributed by atoms with Gasteiger partial charge in [0.25, 0.3) is 10.2 Å². The van der Waals surface area contributed by atoms with Crippen molar-refractivity contribution in [3.05, 3.63) is 23.8 Å². The molecule has 0 aromatic heterocycles. The van der Waals surface area contributed by atoms with Crippen molar-refractivity contribution >= 4 is 21.6 Å². The molecule has 0 amide bonds. The molecule has 7 heteroatoms. The van der Waals surface area contributed by atoms with Crippen LogP contribution in [0.1, 0.15) is 19.4 Å². The van der Waals surface area contributed by atoms with Gasteiger partial charge in [-0.15, -0.1) is 0 Å². The Bertz CT molecular complexity index is 561. The summed E-state index contributed by atoms with van der Waals surface area (Å²) in [5.74, 6) is 0.208. The zero-order valence-electron chi connectivity index (χ0n) is 10.3. The smallest absolute Gasteiger partial charge is 0.299 e. The molecule has 4 N–H and O–H groups in total. The molecule has 0 unspecified atom stereocenters. The van der Waals surface area contributed by atoms with Crippen molar-refractivity contribution in [1.82, 2.24) is 4.72 Å². The van der Waals surface area contributed by atoms with Crippen LogP contribution in [-0.4, -0.2) is 15.0 Å². The monoisotopic (exact) mass is 268 g/mol. The summed E-state index contributed by atoms with van der Waals surface area (Å²) < 4.78 is 28.1. The molecule has 18 heavy (non-hydrogen) atoms. The summed E-state index contributed by atoms with van der Waals surface area (Å²) in [5, 5.41) is 8.67. The number of nitriles is 1. The van der Waals surface area contributed by atoms with Crippen LogP contribution in [0.25, 0.3) is 0 Å². The van der Waals surface area contributed by atoms with Crippen LogP contribution in [0, 0.1) is 17.2 Å². The van der Waals surface area contributed by atoms with E-state index < -0.39 is 10.2 Å². The number of nitrogen functional groups attached to an aromatic ring is 1. The Morgan fingerprint density at radius 2 is 2.11 bits per heavy atom. The van der Waals surface area contributed by atoms with Gasteiger partial charge in [-0.3, -0.25) is 4.72 Å². The number of nitrogens with one attached hydrogen (secondary N) is 2. The molecule has 0 fully saturated rings. The Balaban J connectivity index is 2.82. The van der Waals surface area contributed by atoms with Crippen molar-refractivity contribution in [2.24, 2.45) is 5.92 Å². The third-order valence-corrected chi connectivity index (χ3v) is 3.14. The van der Waals surface area contributed by atoms with Gasteiger partial charge < -0.3 is 5.73 Å². The van der Waals surface area contributed by atoms with Gasteiger partial charge in [-0.2, -0.15) is 18.4 Å². The van der Waals surface area contributed by atoms with Crippen LogP contribution in [-0.2, 0) is 10.2 Å². The number of nitrogens with two attached hydrogens (primary N) is 1. The second-order valence-corrected chi connectivity index (χ2v) is 5.76. The van der Waals surface area contributed by atoms with E-state index in [2.05, 4.69) is 9.44 Å². The van der Waals surface area contributed by atoms with Crippen molar-refractivity contribution in [3.63, 3.8) is 0 Å². The van der Waals surface area contributed by atoms with E-state index in [0.29, 0.717) is 12.1 Å². The molecule has 0 radical (unpaired) electrons. The van der Waals surface area contributed by atoms with Crippen molar-refractivity contribution in [2.45, 2.75) is 13.8 Å². The highest BCUT2D eigenvalue weighted by molar-refractivity contribution is 7.90. The summed E-state index contributed by atoms with van der Waals surface area (Å²) in [7, 11) is -3.63. The maximum atomic E-state index is 11.7. The SMILES string of the molecule is CC(C)CNS(=O)(=O)Nc1ccc(C#N)cc1N. The largest absolute Gasteiger partial charge is 0.397 e. The van der Waals surface area contributed by atoms with E-state index in [9.17, 15) is 8.42 Å². The van der Waals surface area contributed by atoms with E-state index in [1.165, 1.54) is 18.2 Å². The third kappa shape index (κ3) is 4.24. The zero-order chi connectivity index (χ0) is 13.8. The van der Waals surface area contributed by atoms with E-state index in [-0.39, 0.29) is 17.3 Å². The zero-order valence-corrected chi connectivity index (χ0v) is 11.1. The fraction of sp³-hybridized carbons (Fsp3) is 0.364. The molecule has 6 nitrogen and oxygen atoms in total. The second-order valence-electron chi connectivity index (χ2n) is 4.26. The summed E-state index contributed by atoms with van der Waals surface area (Å²) in [4.78, 5) is 0. The van der Waals surface area contributed by atoms with Crippen molar-refractivity contribution < 1.29 is 8.42 Å². The number of hydrogen-bond acceptors (Lipinski definition) is 4. The predicted molar refractivity (Wildman–Crippen MR) is 71.0 cm³/mol. The molecule has 98 valence electrons. The van der Waals surface area contributed by atoms with Gasteiger partial charge in [0.05, 0.1) is 23.0 Å². The minimum Gasteiger partial charge on any atom is -0.397 e. The first-order valence-corrected chi connectivity index (χ1v) is 6.89. The van der Waals surface area contributed by atoms with Crippen molar-refractivity contribution in [2.75, 3.05) is 17.0 Å². The van der Waals surface area contributed by atoms with Gasteiger partial charge in [-0.05, 0) is 24.1 Å². The van der Waals surface area contributed by atoms with Gasteiger partial charge in [0.1, 0.15) is 0 Å². The molecule has 0 saturated carbocycles. The van der Waals surface area contributed by atoms with Crippen LogP contribution < -0.4 is 15.2 Å². The highest BCUT2D eigenvalue weighted by Crippen LogP contribution is 2.20. The van der Waals surface area contributed by atoms with Gasteiger partial charge in [-0.1, -0.05) is 13.8 Å². The molecule has 1 aromatic rings. The molecule has 0 heterocycles. The molecule has 0 bridgehead atoms. The van der Waals surface area contributed by atoms with E-state index >= 15 is 0 Å². The van der Waals surface area contributed by atoms with E-state index in [4.69, 9.17) is 11.0 Å². The van der Waals surface area contributed by atoms with E-state index in [1.54, 1.807) is 0 Å². The van der Waals surface area contributed by atoms with Crippen LogP contribution in [0.5, 0.6) is 0 Å². The Kier molecular flexibility index (Phi) is 4.53. The predicted octanol–water partition coefficient (Wildman–Crippen LogP) is 1.04. The Morgan fingerprint density at radius 1 is 1.44 bits per heavy atom. The van der Waals surface area contributed by atoms with Gasteiger partial charge in [0.2, 0.25) is 0 Å². The summed E-state index contributed by atoms with van der Waals surface area (Å²) in [6.07, 6.45) is 0. The van der Waals surface area contributed by atoms with Crippen LogP contribution in [0.15, 0.2) is 18.2 Å². The summed E-state index contributed by atoms with van der Waals surface area (Å²) in [5.41, 5.74) is 6.50. The summed E-state index contributed by atoms with van der Waals surface area (Å²) >= 11 is 0. The molecule has 0 aliphatic carbocycles. The molecular weight excluding hydrogens is 252 g/mol. The van der Waals surface area contributed by atoms with Gasteiger partial charge in [0.15, 0.2) is 0 Å². The maximum absolute atomic E-state index is 11.7. The first-order chi connectivity index (χ1) is 8.34. The topological polar surface area (TPSA) is 108 Å². The van der Waals surface area contributed by atoms with Crippen molar-refractivity contribution in [3.8, 4) is 6.07 Å². The second kappa shape index (κ2) is 5.71. The van der Waals surface area contributed by atoms with Gasteiger partial charge in [-0.25, -0.2) is 0 Å². The van der Waals surface area contributed by atoms with Crippen LogP contribution >= 0.6 is 0 Å². The molecule has 0 atom stereocenters. The Labute approximate surface area is 107 Å². The fourth-order valence-electron chi connectivity index (χ4n) is 1.18. The minimum atomic E-state index is -3.63. The first kappa shape index (κ1) is 14.3. The van der Waals surface area contributed by atoms with Crippen LogP contribution in [0.3, 0.4) is 0 Å². The molecule has 0 saturated heterocycles. The number of rotatable bonds is 5. The molecule has 1 aromatic carbocycles. The number of anilines is 2. The lowest BCUT2D eigenvalue weighted by Crippen LogP contribution is -2.33. The van der Waals surface area contributed by atoms with Crippen LogP contribution in [0.2, 0.25) is 0 Å². The fourth-order valence-corrected chi connectivity index (χ4v) is 2.28. The number of hydrogen-bond donors (Lipinski definition) is 3. The maximum Gasteiger partial charge on any atom is 0.299 e. The first-order valence-electron chi connectivity index (χ1n) is 5.41. The molecule has 0 aliphatic heterocycles. The molecular formula is C11H16N4O2S. The third-order valence-electron chi connectivity index (χ3n) is 2.11. The van der Waals surface area contributed by atoms with Crippen LogP contribution in [0.4, 0.5) is 11.4 Å². The summed E-state index contributed by atoms with van der Waals surface area (Å²) in [6, 6.07) is 6.30. The van der Waals surface area contributed by atoms with Gasteiger partial charge in [0, 0.05) is 6.54 Å². The normalized spacial score (nSPS) is 11.2. The highest BCUT2D eigenvalue weighted by atomic mass is 32.2. The molecule has 0 spiro atoms. The minimum absolute atomic E-state index is 0.208. The number of nitrogens with zero attached hydrogens (tertiary/aromatic N) is 1. The highest BCUT2D eigenvalue weighted by Gasteiger charge is 2.12. The average Bonchev–Trinajstić information content (AvgIpc) is 2.29. The lowest BCUT2D eigenvalue weighted by atomic mass is 10.2. The molecule has 0 aliphatic rings. The van der Waals surface area contributed by atoms with E-state index in [0.717, 1.165) is 0 Å². The quantitative estimate of drug-likeness (QED) is 0.693. The Hall–Kier alpha value is -1.78. The average molecular weight is 268 g/mol.